The Labute approximate surface area is 98.4 Å². The normalized spacial score (nSPS) is 16.9. The number of hydrogen-bond donors (Lipinski definition) is 1. The van der Waals surface area contributed by atoms with E-state index >= 15 is 0 Å². The van der Waals surface area contributed by atoms with E-state index in [1.54, 1.807) is 0 Å². The van der Waals surface area contributed by atoms with Gasteiger partial charge in [-0.1, -0.05) is 15.9 Å². The van der Waals surface area contributed by atoms with Crippen molar-refractivity contribution in [2.45, 2.75) is 19.8 Å². The Bertz CT molecular complexity index is 416. The molecule has 2 rings (SSSR count). The summed E-state index contributed by atoms with van der Waals surface area (Å²) in [7, 11) is 0. The average molecular weight is 265 g/mol. The molecule has 0 aliphatic heterocycles. The molecule has 78 valence electrons. The highest BCUT2D eigenvalue weighted by molar-refractivity contribution is 9.10. The first-order chi connectivity index (χ1) is 7.15. The van der Waals surface area contributed by atoms with Crippen LogP contribution in [0.1, 0.15) is 18.4 Å². The molecule has 1 aromatic rings. The van der Waals surface area contributed by atoms with Crippen LogP contribution in [0.25, 0.3) is 0 Å². The minimum atomic E-state index is -0.0824. The molecule has 0 unspecified atom stereocenters. The molecule has 1 aromatic carbocycles. The van der Waals surface area contributed by atoms with Crippen LogP contribution in [0.5, 0.6) is 0 Å². The van der Waals surface area contributed by atoms with Gasteiger partial charge in [-0.05, 0) is 43.5 Å². The van der Waals surface area contributed by atoms with Gasteiger partial charge in [-0.3, -0.25) is 0 Å². The van der Waals surface area contributed by atoms with E-state index in [1.807, 2.05) is 12.1 Å². The fourth-order valence-corrected chi connectivity index (χ4v) is 1.75. The molecule has 2 nitrogen and oxygen atoms in total. The van der Waals surface area contributed by atoms with Gasteiger partial charge in [0, 0.05) is 16.7 Å². The number of nitrogens with zero attached hydrogens (tertiary/aromatic N) is 1. The van der Waals surface area contributed by atoms with Gasteiger partial charge in [0.15, 0.2) is 0 Å². The molecule has 0 atom stereocenters. The van der Waals surface area contributed by atoms with Gasteiger partial charge in [0.2, 0.25) is 0 Å². The zero-order valence-electron chi connectivity index (χ0n) is 8.68. The summed E-state index contributed by atoms with van der Waals surface area (Å²) in [6.45, 7) is 2.83. The lowest BCUT2D eigenvalue weighted by molar-refractivity contribution is 0.711. The molecular weight excluding hydrogens is 252 g/mol. The van der Waals surface area contributed by atoms with E-state index in [1.165, 1.54) is 5.56 Å². The number of anilines is 1. The van der Waals surface area contributed by atoms with Crippen molar-refractivity contribution in [3.8, 4) is 6.07 Å². The second-order valence-electron chi connectivity index (χ2n) is 4.21. The minimum Gasteiger partial charge on any atom is -0.383 e. The van der Waals surface area contributed by atoms with Gasteiger partial charge < -0.3 is 5.32 Å². The summed E-state index contributed by atoms with van der Waals surface area (Å²) in [6, 6.07) is 8.54. The van der Waals surface area contributed by atoms with Gasteiger partial charge in [-0.15, -0.1) is 0 Å². The highest BCUT2D eigenvalue weighted by Gasteiger charge is 2.42. The van der Waals surface area contributed by atoms with Crippen molar-refractivity contribution in [2.75, 3.05) is 11.9 Å². The van der Waals surface area contributed by atoms with Crippen molar-refractivity contribution in [3.05, 3.63) is 28.2 Å². The van der Waals surface area contributed by atoms with Crippen LogP contribution < -0.4 is 5.32 Å². The maximum atomic E-state index is 8.94. The summed E-state index contributed by atoms with van der Waals surface area (Å²) in [5.74, 6) is 0. The van der Waals surface area contributed by atoms with Crippen LogP contribution in [0.4, 0.5) is 5.69 Å². The van der Waals surface area contributed by atoms with Crippen LogP contribution in [0.3, 0.4) is 0 Å². The number of halogens is 1. The number of hydrogen-bond acceptors (Lipinski definition) is 2. The molecule has 0 spiro atoms. The van der Waals surface area contributed by atoms with Gasteiger partial charge in [0.05, 0.1) is 11.5 Å². The Morgan fingerprint density at radius 2 is 2.27 bits per heavy atom. The lowest BCUT2D eigenvalue weighted by Gasteiger charge is -2.10. The lowest BCUT2D eigenvalue weighted by Crippen LogP contribution is -2.13. The van der Waals surface area contributed by atoms with Gasteiger partial charge in [0.1, 0.15) is 0 Å². The summed E-state index contributed by atoms with van der Waals surface area (Å²) in [6.07, 6.45) is 2.07. The molecule has 3 heteroatoms. The fraction of sp³-hybridized carbons (Fsp3) is 0.417. The fourth-order valence-electron chi connectivity index (χ4n) is 1.50. The van der Waals surface area contributed by atoms with Crippen molar-refractivity contribution in [1.82, 2.24) is 0 Å². The largest absolute Gasteiger partial charge is 0.383 e. The highest BCUT2D eigenvalue weighted by atomic mass is 79.9. The van der Waals surface area contributed by atoms with Gasteiger partial charge in [0.25, 0.3) is 0 Å². The molecule has 0 amide bonds. The lowest BCUT2D eigenvalue weighted by atomic mass is 10.1. The molecule has 0 heterocycles. The van der Waals surface area contributed by atoms with Crippen LogP contribution in [-0.2, 0) is 0 Å². The smallest absolute Gasteiger partial charge is 0.0747 e. The first-order valence-electron chi connectivity index (χ1n) is 5.06. The molecule has 1 saturated carbocycles. The van der Waals surface area contributed by atoms with Crippen LogP contribution in [-0.4, -0.2) is 6.54 Å². The van der Waals surface area contributed by atoms with E-state index in [4.69, 9.17) is 5.26 Å². The number of aryl methyl sites for hydroxylation is 1. The van der Waals surface area contributed by atoms with Crippen LogP contribution in [0, 0.1) is 23.7 Å². The average Bonchev–Trinajstić information content (AvgIpc) is 3.01. The molecule has 0 aromatic heterocycles. The Morgan fingerprint density at radius 1 is 1.53 bits per heavy atom. The topological polar surface area (TPSA) is 35.8 Å². The Kier molecular flexibility index (Phi) is 2.70. The van der Waals surface area contributed by atoms with E-state index in [-0.39, 0.29) is 5.41 Å². The van der Waals surface area contributed by atoms with Crippen molar-refractivity contribution in [3.63, 3.8) is 0 Å². The summed E-state index contributed by atoms with van der Waals surface area (Å²) in [5, 5.41) is 12.3. The summed E-state index contributed by atoms with van der Waals surface area (Å²) in [4.78, 5) is 0. The third-order valence-electron chi connectivity index (χ3n) is 2.88. The SMILES string of the molecule is Cc1cc(NCC2(C#N)CC2)ccc1Br. The van der Waals surface area contributed by atoms with Gasteiger partial charge in [-0.2, -0.15) is 5.26 Å². The van der Waals surface area contributed by atoms with Crippen molar-refractivity contribution in [2.24, 2.45) is 5.41 Å². The van der Waals surface area contributed by atoms with E-state index < -0.39 is 0 Å². The molecule has 1 aliphatic carbocycles. The van der Waals surface area contributed by atoms with Crippen LogP contribution >= 0.6 is 15.9 Å². The third-order valence-corrected chi connectivity index (χ3v) is 3.77. The van der Waals surface area contributed by atoms with E-state index in [2.05, 4.69) is 40.3 Å². The minimum absolute atomic E-state index is 0.0824. The summed E-state index contributed by atoms with van der Waals surface area (Å²) in [5.41, 5.74) is 2.22. The first kappa shape index (κ1) is 10.5. The zero-order valence-corrected chi connectivity index (χ0v) is 10.3. The molecule has 0 radical (unpaired) electrons. The molecular formula is C12H13BrN2. The van der Waals surface area contributed by atoms with Gasteiger partial charge in [-0.25, -0.2) is 0 Å². The third kappa shape index (κ3) is 2.32. The molecule has 0 bridgehead atoms. The number of nitrogens with one attached hydrogen (secondary N) is 1. The number of nitriles is 1. The standard InChI is InChI=1S/C12H13BrN2/c1-9-6-10(2-3-11(9)13)15-8-12(7-14)4-5-12/h2-3,6,15H,4-5,8H2,1H3. The molecule has 0 saturated heterocycles. The van der Waals surface area contributed by atoms with E-state index in [0.29, 0.717) is 0 Å². The summed E-state index contributed by atoms with van der Waals surface area (Å²) >= 11 is 3.47. The highest BCUT2D eigenvalue weighted by Crippen LogP contribution is 2.44. The maximum Gasteiger partial charge on any atom is 0.0747 e. The predicted octanol–water partition coefficient (Wildman–Crippen LogP) is 3.47. The monoisotopic (exact) mass is 264 g/mol. The number of benzene rings is 1. The Hall–Kier alpha value is -1.01. The molecule has 1 aliphatic rings. The predicted molar refractivity (Wildman–Crippen MR) is 64.6 cm³/mol. The zero-order chi connectivity index (χ0) is 10.9. The molecule has 1 N–H and O–H groups in total. The molecule has 1 fully saturated rings. The Morgan fingerprint density at radius 3 is 2.80 bits per heavy atom. The number of rotatable bonds is 3. The van der Waals surface area contributed by atoms with Gasteiger partial charge >= 0.3 is 0 Å². The second kappa shape index (κ2) is 3.86. The first-order valence-corrected chi connectivity index (χ1v) is 5.86. The Balaban J connectivity index is 2.00. The maximum absolute atomic E-state index is 8.94. The van der Waals surface area contributed by atoms with E-state index in [0.717, 1.165) is 29.5 Å². The van der Waals surface area contributed by atoms with Crippen molar-refractivity contribution < 1.29 is 0 Å². The van der Waals surface area contributed by atoms with Crippen LogP contribution in [0.15, 0.2) is 22.7 Å². The molecule has 15 heavy (non-hydrogen) atoms. The van der Waals surface area contributed by atoms with Crippen molar-refractivity contribution in [1.29, 1.82) is 5.26 Å². The quantitative estimate of drug-likeness (QED) is 0.908. The second-order valence-corrected chi connectivity index (χ2v) is 5.06. The van der Waals surface area contributed by atoms with Crippen molar-refractivity contribution >= 4 is 21.6 Å². The summed E-state index contributed by atoms with van der Waals surface area (Å²) < 4.78 is 1.12. The van der Waals surface area contributed by atoms with Crippen LogP contribution in [0.2, 0.25) is 0 Å². The van der Waals surface area contributed by atoms with E-state index in [9.17, 15) is 0 Å².